The normalized spacial score (nSPS) is 10.7. The number of benzene rings is 1. The Morgan fingerprint density at radius 1 is 1.00 bits per heavy atom. The first-order valence-electron chi connectivity index (χ1n) is 6.80. The number of nitrogens with zero attached hydrogens (tertiary/aromatic N) is 3. The van der Waals surface area contributed by atoms with Crippen LogP contribution in [0.5, 0.6) is 5.75 Å². The van der Waals surface area contributed by atoms with Crippen LogP contribution in [0.25, 0.3) is 22.3 Å². The topological polar surface area (TPSA) is 74.2 Å². The molecule has 8 heteroatoms. The molecule has 0 atom stereocenters. The van der Waals surface area contributed by atoms with Gasteiger partial charge in [-0.25, -0.2) is 19.7 Å². The Bertz CT molecular complexity index is 930. The van der Waals surface area contributed by atoms with Gasteiger partial charge in [0.25, 0.3) is 0 Å². The van der Waals surface area contributed by atoms with Gasteiger partial charge in [0.15, 0.2) is 5.69 Å². The maximum absolute atomic E-state index is 11.8. The first-order valence-corrected chi connectivity index (χ1v) is 7.55. The molecule has 3 aromatic rings. The number of halogens is 2. The molecule has 0 aliphatic heterocycles. The second kappa shape index (κ2) is 6.59. The molecule has 0 saturated carbocycles. The molecular formula is C16H11Cl2N3O3. The second-order valence-electron chi connectivity index (χ2n) is 4.75. The van der Waals surface area contributed by atoms with Crippen LogP contribution in [0.1, 0.15) is 10.5 Å². The highest BCUT2D eigenvalue weighted by Crippen LogP contribution is 2.31. The summed E-state index contributed by atoms with van der Waals surface area (Å²) in [7, 11) is 2.85. The van der Waals surface area contributed by atoms with Crippen LogP contribution in [0, 0.1) is 0 Å². The van der Waals surface area contributed by atoms with Gasteiger partial charge in [-0.15, -0.1) is 0 Å². The highest BCUT2D eigenvalue weighted by Gasteiger charge is 2.17. The maximum Gasteiger partial charge on any atom is 0.356 e. The van der Waals surface area contributed by atoms with Crippen LogP contribution >= 0.6 is 23.2 Å². The molecule has 0 aliphatic carbocycles. The van der Waals surface area contributed by atoms with Gasteiger partial charge in [-0.05, 0) is 41.9 Å². The van der Waals surface area contributed by atoms with Gasteiger partial charge in [-0.2, -0.15) is 0 Å². The summed E-state index contributed by atoms with van der Waals surface area (Å²) in [5.74, 6) is 0.0962. The lowest BCUT2D eigenvalue weighted by Crippen LogP contribution is -2.06. The van der Waals surface area contributed by atoms with Crippen molar-refractivity contribution in [1.82, 2.24) is 15.0 Å². The fourth-order valence-electron chi connectivity index (χ4n) is 2.20. The highest BCUT2D eigenvalue weighted by atomic mass is 35.5. The fraction of sp³-hybridized carbons (Fsp3) is 0.125. The quantitative estimate of drug-likeness (QED) is 0.520. The molecule has 2 heterocycles. The molecule has 24 heavy (non-hydrogen) atoms. The molecule has 0 aliphatic rings. The number of ether oxygens (including phenoxy) is 2. The molecule has 0 amide bonds. The number of hydrogen-bond acceptors (Lipinski definition) is 6. The Kier molecular flexibility index (Phi) is 4.51. The van der Waals surface area contributed by atoms with Crippen molar-refractivity contribution >= 4 is 40.2 Å². The van der Waals surface area contributed by atoms with Crippen molar-refractivity contribution in [1.29, 1.82) is 0 Å². The lowest BCUT2D eigenvalue weighted by atomic mass is 10.1. The molecule has 122 valence electrons. The van der Waals surface area contributed by atoms with Crippen molar-refractivity contribution in [3.05, 3.63) is 46.3 Å². The molecule has 0 radical (unpaired) electrons. The van der Waals surface area contributed by atoms with E-state index in [0.717, 1.165) is 5.56 Å². The number of carbonyl (C=O) groups is 1. The zero-order valence-electron chi connectivity index (χ0n) is 12.7. The predicted molar refractivity (Wildman–Crippen MR) is 90.7 cm³/mol. The van der Waals surface area contributed by atoms with Crippen LogP contribution < -0.4 is 4.74 Å². The van der Waals surface area contributed by atoms with E-state index >= 15 is 0 Å². The molecule has 0 N–H and O–H groups in total. The Labute approximate surface area is 147 Å². The number of hydrogen-bond donors (Lipinski definition) is 0. The van der Waals surface area contributed by atoms with Crippen molar-refractivity contribution in [2.75, 3.05) is 14.2 Å². The van der Waals surface area contributed by atoms with Crippen LogP contribution in [0.3, 0.4) is 0 Å². The van der Waals surface area contributed by atoms with E-state index in [4.69, 9.17) is 32.7 Å². The van der Waals surface area contributed by atoms with E-state index in [9.17, 15) is 4.79 Å². The largest absolute Gasteiger partial charge is 0.497 e. The second-order valence-corrected chi connectivity index (χ2v) is 5.49. The third-order valence-electron chi connectivity index (χ3n) is 3.34. The maximum atomic E-state index is 11.8. The lowest BCUT2D eigenvalue weighted by molar-refractivity contribution is 0.0594. The molecule has 0 spiro atoms. The van der Waals surface area contributed by atoms with Gasteiger partial charge < -0.3 is 9.47 Å². The molecule has 3 rings (SSSR count). The number of rotatable bonds is 3. The molecule has 0 bridgehead atoms. The smallest absolute Gasteiger partial charge is 0.356 e. The molecule has 0 unspecified atom stereocenters. The molecular weight excluding hydrogens is 353 g/mol. The number of fused-ring (bicyclic) bond motifs is 1. The lowest BCUT2D eigenvalue weighted by Gasteiger charge is -2.09. The van der Waals surface area contributed by atoms with E-state index in [1.807, 2.05) is 0 Å². The summed E-state index contributed by atoms with van der Waals surface area (Å²) in [4.78, 5) is 24.4. The summed E-state index contributed by atoms with van der Waals surface area (Å²) in [5, 5.41) is 0.266. The van der Waals surface area contributed by atoms with Crippen molar-refractivity contribution in [3.63, 3.8) is 0 Å². The van der Waals surface area contributed by atoms with Gasteiger partial charge in [0.05, 0.1) is 19.2 Å². The van der Waals surface area contributed by atoms with E-state index in [2.05, 4.69) is 15.0 Å². The summed E-state index contributed by atoms with van der Waals surface area (Å²) >= 11 is 12.2. The number of esters is 1. The minimum atomic E-state index is -0.602. The van der Waals surface area contributed by atoms with Gasteiger partial charge in [-0.3, -0.25) is 0 Å². The molecule has 1 aromatic carbocycles. The minimum Gasteiger partial charge on any atom is -0.497 e. The summed E-state index contributed by atoms with van der Waals surface area (Å²) in [5.41, 5.74) is 1.97. The van der Waals surface area contributed by atoms with Crippen molar-refractivity contribution in [3.8, 4) is 17.0 Å². The minimum absolute atomic E-state index is 0.0304. The Morgan fingerprint density at radius 2 is 1.71 bits per heavy atom. The van der Waals surface area contributed by atoms with E-state index in [1.165, 1.54) is 13.2 Å². The van der Waals surface area contributed by atoms with Crippen LogP contribution in [0.15, 0.2) is 30.3 Å². The van der Waals surface area contributed by atoms with E-state index < -0.39 is 5.97 Å². The van der Waals surface area contributed by atoms with Crippen LogP contribution in [-0.2, 0) is 4.74 Å². The predicted octanol–water partition coefficient (Wildman–Crippen LogP) is 3.79. The van der Waals surface area contributed by atoms with Gasteiger partial charge in [0.2, 0.25) is 5.28 Å². The van der Waals surface area contributed by atoms with Crippen molar-refractivity contribution < 1.29 is 14.3 Å². The van der Waals surface area contributed by atoms with Gasteiger partial charge >= 0.3 is 5.97 Å². The number of aromatic nitrogens is 3. The third-order valence-corrected chi connectivity index (χ3v) is 3.79. The van der Waals surface area contributed by atoms with Crippen LogP contribution in [0.2, 0.25) is 10.3 Å². The van der Waals surface area contributed by atoms with Gasteiger partial charge in [0, 0.05) is 5.56 Å². The SMILES string of the molecule is COC(=O)c1cc(Cl)c2nc(Cl)nc(-c3ccc(OC)cc3)c2n1. The van der Waals surface area contributed by atoms with Gasteiger partial charge in [-0.1, -0.05) is 11.6 Å². The molecule has 6 nitrogen and oxygen atoms in total. The van der Waals surface area contributed by atoms with Crippen molar-refractivity contribution in [2.24, 2.45) is 0 Å². The fourth-order valence-corrected chi connectivity index (χ4v) is 2.60. The van der Waals surface area contributed by atoms with Crippen LogP contribution in [-0.4, -0.2) is 35.1 Å². The van der Waals surface area contributed by atoms with E-state index in [0.29, 0.717) is 22.5 Å². The third kappa shape index (κ3) is 2.98. The van der Waals surface area contributed by atoms with E-state index in [-0.39, 0.29) is 16.0 Å². The van der Waals surface area contributed by atoms with Gasteiger partial charge in [0.1, 0.15) is 22.5 Å². The number of carbonyl (C=O) groups excluding carboxylic acids is 1. The van der Waals surface area contributed by atoms with E-state index in [1.54, 1.807) is 31.4 Å². The Balaban J connectivity index is 2.28. The van der Waals surface area contributed by atoms with Crippen molar-refractivity contribution in [2.45, 2.75) is 0 Å². The molecule has 0 fully saturated rings. The standard InChI is InChI=1S/C16H11Cl2N3O3/c1-23-9-5-3-8(4-6-9)12-14-13(21-16(18)20-12)10(17)7-11(19-14)15(22)24-2/h3-7H,1-2H3. The summed E-state index contributed by atoms with van der Waals surface area (Å²) in [6.45, 7) is 0. The first kappa shape index (κ1) is 16.4. The monoisotopic (exact) mass is 363 g/mol. The first-order chi connectivity index (χ1) is 11.5. The Morgan fingerprint density at radius 3 is 2.33 bits per heavy atom. The number of methoxy groups -OCH3 is 2. The average molecular weight is 364 g/mol. The molecule has 2 aromatic heterocycles. The average Bonchev–Trinajstić information content (AvgIpc) is 2.61. The summed E-state index contributed by atoms with van der Waals surface area (Å²) < 4.78 is 9.84. The molecule has 0 saturated heterocycles. The zero-order valence-corrected chi connectivity index (χ0v) is 14.2. The zero-order chi connectivity index (χ0) is 17.3. The Hall–Kier alpha value is -2.44. The summed E-state index contributed by atoms with van der Waals surface area (Å²) in [6.07, 6.45) is 0. The van der Waals surface area contributed by atoms with Crippen LogP contribution in [0.4, 0.5) is 0 Å². The highest BCUT2D eigenvalue weighted by molar-refractivity contribution is 6.36. The number of pyridine rings is 1. The summed E-state index contributed by atoms with van der Waals surface area (Å²) in [6, 6.07) is 8.55.